The van der Waals surface area contributed by atoms with E-state index in [2.05, 4.69) is 0 Å². The normalized spacial score (nSPS) is 29.3. The van der Waals surface area contributed by atoms with Crippen LogP contribution in [0.3, 0.4) is 0 Å². The minimum Gasteiger partial charge on any atom is -0.423 e. The molecule has 1 aliphatic heterocycles. The molecule has 0 saturated heterocycles. The number of rotatable bonds is 1. The minimum atomic E-state index is -2.89. The molecular weight excluding hydrogens is 155 g/mol. The highest BCUT2D eigenvalue weighted by atomic mass is 19.2. The van der Waals surface area contributed by atoms with E-state index in [4.69, 9.17) is 10.0 Å². The molecule has 0 saturated carbocycles. The van der Waals surface area contributed by atoms with Crippen LogP contribution in [-0.2, 0) is 0 Å². The van der Waals surface area contributed by atoms with Gasteiger partial charge in [-0.25, -0.2) is 8.78 Å². The molecule has 0 amide bonds. The van der Waals surface area contributed by atoms with Crippen LogP contribution >= 0.6 is 0 Å². The first-order valence-corrected chi connectivity index (χ1v) is 2.93. The molecule has 1 heterocycles. The van der Waals surface area contributed by atoms with E-state index in [0.29, 0.717) is 0 Å². The topological polar surface area (TPSA) is 52.5 Å². The van der Waals surface area contributed by atoms with Gasteiger partial charge in [0.05, 0.1) is 0 Å². The van der Waals surface area contributed by atoms with Crippen LogP contribution in [0, 0.1) is 0 Å². The summed E-state index contributed by atoms with van der Waals surface area (Å²) in [5.74, 6) is -1.25. The van der Waals surface area contributed by atoms with E-state index < -0.39 is 18.6 Å². The largest absolute Gasteiger partial charge is 0.521 e. The number of allylic oxidation sites excluding steroid dienone is 2. The molecule has 1 unspecified atom stereocenters. The van der Waals surface area contributed by atoms with Crippen LogP contribution in [0.15, 0.2) is 24.2 Å². The molecule has 0 fully saturated rings. The molecule has 1 rings (SSSR count). The maximum atomic E-state index is 13.0. The van der Waals surface area contributed by atoms with E-state index in [-0.39, 0.29) is 0 Å². The SMILES string of the molecule is OB(O)C1(F)NC=CC=C1F. The van der Waals surface area contributed by atoms with Gasteiger partial charge >= 0.3 is 7.12 Å². The van der Waals surface area contributed by atoms with Crippen LogP contribution in [0.4, 0.5) is 8.78 Å². The number of dihydropyridines is 1. The lowest BCUT2D eigenvalue weighted by Crippen LogP contribution is -2.53. The second kappa shape index (κ2) is 2.63. The third kappa shape index (κ3) is 1.27. The maximum absolute atomic E-state index is 13.0. The number of hydrogen-bond acceptors (Lipinski definition) is 3. The van der Waals surface area contributed by atoms with Crippen LogP contribution in [0.25, 0.3) is 0 Å². The van der Waals surface area contributed by atoms with Crippen LogP contribution < -0.4 is 5.32 Å². The Morgan fingerprint density at radius 2 is 2.18 bits per heavy atom. The molecule has 0 aromatic heterocycles. The summed E-state index contributed by atoms with van der Waals surface area (Å²) in [7, 11) is -2.41. The predicted molar refractivity (Wildman–Crippen MR) is 35.5 cm³/mol. The van der Waals surface area contributed by atoms with Gasteiger partial charge in [-0.2, -0.15) is 0 Å². The standard InChI is InChI=1S/C5H6BF2NO2/c7-4-2-1-3-9-5(4,8)6(10)11/h1-3,9-11H. The molecule has 60 valence electrons. The fourth-order valence-corrected chi connectivity index (χ4v) is 0.690. The highest BCUT2D eigenvalue weighted by Gasteiger charge is 2.47. The number of nitrogens with one attached hydrogen (secondary N) is 1. The van der Waals surface area contributed by atoms with Gasteiger partial charge in [0.1, 0.15) is 0 Å². The lowest BCUT2D eigenvalue weighted by atomic mass is 9.75. The lowest BCUT2D eigenvalue weighted by molar-refractivity contribution is 0.177. The second-order valence-electron chi connectivity index (χ2n) is 2.10. The Hall–Kier alpha value is -0.875. The molecule has 0 bridgehead atoms. The van der Waals surface area contributed by atoms with Gasteiger partial charge in [0.15, 0.2) is 5.83 Å². The fraction of sp³-hybridized carbons (Fsp3) is 0.200. The monoisotopic (exact) mass is 161 g/mol. The molecule has 0 aromatic rings. The van der Waals surface area contributed by atoms with Crippen molar-refractivity contribution in [3.8, 4) is 0 Å². The van der Waals surface area contributed by atoms with Gasteiger partial charge in [-0.05, 0) is 18.4 Å². The van der Waals surface area contributed by atoms with Crippen LogP contribution in [0.5, 0.6) is 0 Å². The van der Waals surface area contributed by atoms with Crippen molar-refractivity contribution in [2.45, 2.75) is 5.69 Å². The van der Waals surface area contributed by atoms with E-state index in [0.717, 1.165) is 12.3 Å². The zero-order valence-electron chi connectivity index (χ0n) is 5.46. The molecule has 6 heteroatoms. The van der Waals surface area contributed by atoms with Crippen LogP contribution in [-0.4, -0.2) is 22.9 Å². The first-order chi connectivity index (χ1) is 5.07. The van der Waals surface area contributed by atoms with Gasteiger partial charge in [0.25, 0.3) is 5.69 Å². The Bertz CT molecular complexity index is 219. The molecule has 3 nitrogen and oxygen atoms in total. The van der Waals surface area contributed by atoms with E-state index in [1.165, 1.54) is 6.08 Å². The summed E-state index contributed by atoms with van der Waals surface area (Å²) in [5.41, 5.74) is -2.89. The van der Waals surface area contributed by atoms with Gasteiger partial charge in [0, 0.05) is 0 Å². The summed E-state index contributed by atoms with van der Waals surface area (Å²) in [6, 6.07) is 0. The molecule has 0 aromatic carbocycles. The van der Waals surface area contributed by atoms with Crippen molar-refractivity contribution in [2.24, 2.45) is 0 Å². The van der Waals surface area contributed by atoms with Gasteiger partial charge in [0.2, 0.25) is 0 Å². The zero-order valence-corrected chi connectivity index (χ0v) is 5.46. The molecule has 0 aliphatic carbocycles. The highest BCUT2D eigenvalue weighted by Crippen LogP contribution is 2.23. The number of halogens is 2. The third-order valence-corrected chi connectivity index (χ3v) is 1.34. The van der Waals surface area contributed by atoms with Gasteiger partial charge in [-0.15, -0.1) is 0 Å². The molecule has 1 aliphatic rings. The molecule has 0 radical (unpaired) electrons. The van der Waals surface area contributed by atoms with Crippen LogP contribution in [0.1, 0.15) is 0 Å². The Morgan fingerprint density at radius 3 is 2.55 bits per heavy atom. The summed E-state index contributed by atoms with van der Waals surface area (Å²) in [6.45, 7) is 0. The van der Waals surface area contributed by atoms with Crippen molar-refractivity contribution in [1.29, 1.82) is 0 Å². The van der Waals surface area contributed by atoms with Gasteiger partial charge in [-0.3, -0.25) is 0 Å². The average Bonchev–Trinajstić information content (AvgIpc) is 1.95. The van der Waals surface area contributed by atoms with E-state index in [9.17, 15) is 8.78 Å². The summed E-state index contributed by atoms with van der Waals surface area (Å²) < 4.78 is 25.5. The van der Waals surface area contributed by atoms with Crippen molar-refractivity contribution in [3.63, 3.8) is 0 Å². The first-order valence-electron chi connectivity index (χ1n) is 2.93. The Morgan fingerprint density at radius 1 is 1.55 bits per heavy atom. The summed E-state index contributed by atoms with van der Waals surface area (Å²) in [4.78, 5) is 0. The Kier molecular flexibility index (Phi) is 1.97. The van der Waals surface area contributed by atoms with Crippen molar-refractivity contribution in [2.75, 3.05) is 0 Å². The second-order valence-corrected chi connectivity index (χ2v) is 2.10. The van der Waals surface area contributed by atoms with Gasteiger partial charge < -0.3 is 15.4 Å². The van der Waals surface area contributed by atoms with Crippen molar-refractivity contribution in [1.82, 2.24) is 5.32 Å². The fourth-order valence-electron chi connectivity index (χ4n) is 0.690. The van der Waals surface area contributed by atoms with E-state index in [1.807, 2.05) is 5.32 Å². The molecular formula is C5H6BF2NO2. The van der Waals surface area contributed by atoms with Crippen molar-refractivity contribution >= 4 is 7.12 Å². The highest BCUT2D eigenvalue weighted by molar-refractivity contribution is 6.46. The third-order valence-electron chi connectivity index (χ3n) is 1.34. The Balaban J connectivity index is 2.88. The number of alkyl halides is 1. The number of hydrogen-bond donors (Lipinski definition) is 3. The predicted octanol–water partition coefficient (Wildman–Crippen LogP) is -0.365. The van der Waals surface area contributed by atoms with Crippen molar-refractivity contribution < 1.29 is 18.8 Å². The summed E-state index contributed by atoms with van der Waals surface area (Å²) >= 11 is 0. The molecule has 3 N–H and O–H groups in total. The smallest absolute Gasteiger partial charge is 0.423 e. The van der Waals surface area contributed by atoms with Gasteiger partial charge in [-0.1, -0.05) is 0 Å². The summed E-state index contributed by atoms with van der Waals surface area (Å²) in [5, 5.41) is 18.7. The van der Waals surface area contributed by atoms with Crippen LogP contribution in [0.2, 0.25) is 0 Å². The first kappa shape index (κ1) is 8.22. The summed E-state index contributed by atoms with van der Waals surface area (Å²) in [6.07, 6.45) is 3.12. The quantitative estimate of drug-likeness (QED) is 0.363. The molecule has 0 spiro atoms. The average molecular weight is 161 g/mol. The lowest BCUT2D eigenvalue weighted by Gasteiger charge is -2.24. The van der Waals surface area contributed by atoms with Crippen molar-refractivity contribution in [3.05, 3.63) is 24.2 Å². The molecule has 1 atom stereocenters. The van der Waals surface area contributed by atoms with E-state index >= 15 is 0 Å². The Labute approximate surface area is 62.2 Å². The zero-order chi connectivity index (χ0) is 8.48. The maximum Gasteiger partial charge on any atom is 0.521 e. The minimum absolute atomic E-state index is 0.815. The molecule has 11 heavy (non-hydrogen) atoms. The van der Waals surface area contributed by atoms with E-state index in [1.54, 1.807) is 0 Å².